The summed E-state index contributed by atoms with van der Waals surface area (Å²) in [6, 6.07) is 8.09. The Hall–Kier alpha value is -1.99. The molecule has 25 heavy (non-hydrogen) atoms. The maximum Gasteiger partial charge on any atom is 0.256 e. The van der Waals surface area contributed by atoms with Crippen molar-refractivity contribution in [2.75, 3.05) is 18.8 Å². The van der Waals surface area contributed by atoms with E-state index in [1.807, 2.05) is 0 Å². The Kier molecular flexibility index (Phi) is 5.06. The van der Waals surface area contributed by atoms with Crippen LogP contribution < -0.4 is 0 Å². The predicted molar refractivity (Wildman–Crippen MR) is 92.7 cm³/mol. The Morgan fingerprint density at radius 3 is 2.72 bits per heavy atom. The second-order valence-corrected chi connectivity index (χ2v) is 8.52. The molecule has 2 aromatic rings. The number of hydrogen-bond donors (Lipinski definition) is 0. The van der Waals surface area contributed by atoms with E-state index in [1.165, 1.54) is 17.2 Å². The molecule has 8 heteroatoms. The molecular formula is C17H16ClFN2O3S. The second-order valence-electron chi connectivity index (χ2n) is 5.81. The first kappa shape index (κ1) is 17.8. The zero-order chi connectivity index (χ0) is 18.0. The Morgan fingerprint density at radius 2 is 2.00 bits per heavy atom. The molecule has 1 aromatic carbocycles. The van der Waals surface area contributed by atoms with Crippen LogP contribution in [0.2, 0.25) is 5.02 Å². The highest BCUT2D eigenvalue weighted by molar-refractivity contribution is 7.91. The largest absolute Gasteiger partial charge is 0.337 e. The first-order valence-electron chi connectivity index (χ1n) is 7.75. The molecule has 1 atom stereocenters. The van der Waals surface area contributed by atoms with E-state index in [1.54, 1.807) is 24.3 Å². The smallest absolute Gasteiger partial charge is 0.256 e. The normalized spacial score (nSPS) is 20.1. The van der Waals surface area contributed by atoms with Gasteiger partial charge in [0.05, 0.1) is 22.8 Å². The first-order valence-corrected chi connectivity index (χ1v) is 9.84. The van der Waals surface area contributed by atoms with Crippen LogP contribution in [-0.2, 0) is 9.84 Å². The fraction of sp³-hybridized carbons (Fsp3) is 0.294. The molecule has 2 heterocycles. The molecule has 3 rings (SSSR count). The van der Waals surface area contributed by atoms with E-state index in [0.29, 0.717) is 10.6 Å². The second kappa shape index (κ2) is 7.09. The van der Waals surface area contributed by atoms with Crippen molar-refractivity contribution in [2.24, 2.45) is 0 Å². The van der Waals surface area contributed by atoms with E-state index < -0.39 is 26.8 Å². The summed E-state index contributed by atoms with van der Waals surface area (Å²) in [5.74, 6) is -1.45. The number of sulfone groups is 1. The number of hydrogen-bond acceptors (Lipinski definition) is 4. The number of halogens is 2. The Bertz CT molecular complexity index is 904. The molecule has 132 valence electrons. The van der Waals surface area contributed by atoms with Gasteiger partial charge in [-0.25, -0.2) is 12.8 Å². The third-order valence-electron chi connectivity index (χ3n) is 4.28. The number of rotatable bonds is 2. The van der Waals surface area contributed by atoms with Gasteiger partial charge in [0.1, 0.15) is 0 Å². The number of aromatic nitrogens is 1. The van der Waals surface area contributed by atoms with Gasteiger partial charge in [-0.15, -0.1) is 0 Å². The fourth-order valence-electron chi connectivity index (χ4n) is 2.95. The van der Waals surface area contributed by atoms with Crippen LogP contribution in [0.3, 0.4) is 0 Å². The van der Waals surface area contributed by atoms with Crippen molar-refractivity contribution in [3.05, 3.63) is 64.7 Å². The first-order chi connectivity index (χ1) is 11.9. The van der Waals surface area contributed by atoms with Gasteiger partial charge in [0.2, 0.25) is 0 Å². The van der Waals surface area contributed by atoms with E-state index in [4.69, 9.17) is 11.6 Å². The quantitative estimate of drug-likeness (QED) is 0.801. The predicted octanol–water partition coefficient (Wildman–Crippen LogP) is 2.88. The SMILES string of the molecule is O=C(c1ccncc1F)N1CCC(c2ccccc2Cl)S(=O)(=O)CC1. The van der Waals surface area contributed by atoms with Gasteiger partial charge in [-0.3, -0.25) is 9.78 Å². The molecule has 1 aliphatic rings. The molecule has 1 saturated heterocycles. The Morgan fingerprint density at radius 1 is 1.24 bits per heavy atom. The molecule has 1 aliphatic heterocycles. The number of pyridine rings is 1. The molecule has 1 amide bonds. The highest BCUT2D eigenvalue weighted by Gasteiger charge is 2.34. The Labute approximate surface area is 150 Å². The summed E-state index contributed by atoms with van der Waals surface area (Å²) in [7, 11) is -3.48. The molecule has 0 aliphatic carbocycles. The average Bonchev–Trinajstić information content (AvgIpc) is 2.74. The van der Waals surface area contributed by atoms with E-state index in [2.05, 4.69) is 4.98 Å². The van der Waals surface area contributed by atoms with Crippen molar-refractivity contribution < 1.29 is 17.6 Å². The summed E-state index contributed by atoms with van der Waals surface area (Å²) in [5, 5.41) is -0.391. The van der Waals surface area contributed by atoms with Crippen molar-refractivity contribution in [1.82, 2.24) is 9.88 Å². The van der Waals surface area contributed by atoms with Crippen molar-refractivity contribution in [2.45, 2.75) is 11.7 Å². The van der Waals surface area contributed by atoms with E-state index in [9.17, 15) is 17.6 Å². The van der Waals surface area contributed by atoms with Crippen LogP contribution in [0, 0.1) is 5.82 Å². The van der Waals surface area contributed by atoms with Crippen LogP contribution in [-0.4, -0.2) is 43.1 Å². The molecule has 0 N–H and O–H groups in total. The highest BCUT2D eigenvalue weighted by atomic mass is 35.5. The van der Waals surface area contributed by atoms with Crippen LogP contribution in [0.15, 0.2) is 42.7 Å². The van der Waals surface area contributed by atoms with Crippen molar-refractivity contribution in [1.29, 1.82) is 0 Å². The summed E-state index contributed by atoms with van der Waals surface area (Å²) >= 11 is 6.15. The summed E-state index contributed by atoms with van der Waals surface area (Å²) < 4.78 is 39.1. The van der Waals surface area contributed by atoms with Gasteiger partial charge in [-0.2, -0.15) is 0 Å². The molecule has 1 aromatic heterocycles. The lowest BCUT2D eigenvalue weighted by Gasteiger charge is -2.20. The minimum atomic E-state index is -3.48. The minimum Gasteiger partial charge on any atom is -0.337 e. The monoisotopic (exact) mass is 382 g/mol. The molecule has 0 bridgehead atoms. The molecule has 0 saturated carbocycles. The summed E-state index contributed by atoms with van der Waals surface area (Å²) in [4.78, 5) is 17.5. The molecule has 5 nitrogen and oxygen atoms in total. The lowest BCUT2D eigenvalue weighted by molar-refractivity contribution is 0.0761. The minimum absolute atomic E-state index is 0.0177. The zero-order valence-electron chi connectivity index (χ0n) is 13.2. The van der Waals surface area contributed by atoms with Crippen LogP contribution >= 0.6 is 11.6 Å². The zero-order valence-corrected chi connectivity index (χ0v) is 14.8. The van der Waals surface area contributed by atoms with E-state index in [-0.39, 0.29) is 30.8 Å². The summed E-state index contributed by atoms with van der Waals surface area (Å²) in [5.41, 5.74) is 0.428. The summed E-state index contributed by atoms with van der Waals surface area (Å²) in [6.45, 7) is 0.222. The number of amides is 1. The van der Waals surface area contributed by atoms with E-state index >= 15 is 0 Å². The van der Waals surface area contributed by atoms with Crippen LogP contribution in [0.4, 0.5) is 4.39 Å². The lowest BCUT2D eigenvalue weighted by Crippen LogP contribution is -2.34. The summed E-state index contributed by atoms with van der Waals surface area (Å²) in [6.07, 6.45) is 2.51. The number of carbonyl (C=O) groups is 1. The maximum atomic E-state index is 13.8. The van der Waals surface area contributed by atoms with Crippen molar-refractivity contribution in [3.63, 3.8) is 0 Å². The van der Waals surface area contributed by atoms with Gasteiger partial charge in [0, 0.05) is 24.3 Å². The highest BCUT2D eigenvalue weighted by Crippen LogP contribution is 2.34. The third-order valence-corrected chi connectivity index (χ3v) is 6.74. The lowest BCUT2D eigenvalue weighted by atomic mass is 10.1. The van der Waals surface area contributed by atoms with Gasteiger partial charge in [-0.1, -0.05) is 29.8 Å². The van der Waals surface area contributed by atoms with Gasteiger partial charge in [0.15, 0.2) is 15.7 Å². The van der Waals surface area contributed by atoms with Gasteiger partial charge in [0.25, 0.3) is 5.91 Å². The van der Waals surface area contributed by atoms with Gasteiger partial charge >= 0.3 is 0 Å². The maximum absolute atomic E-state index is 13.8. The van der Waals surface area contributed by atoms with Gasteiger partial charge in [-0.05, 0) is 24.1 Å². The van der Waals surface area contributed by atoms with Crippen LogP contribution in [0.25, 0.3) is 0 Å². The molecule has 0 spiro atoms. The topological polar surface area (TPSA) is 67.3 Å². The van der Waals surface area contributed by atoms with Crippen LogP contribution in [0.5, 0.6) is 0 Å². The number of carbonyl (C=O) groups excluding carboxylic acids is 1. The molecule has 0 radical (unpaired) electrons. The van der Waals surface area contributed by atoms with Crippen molar-refractivity contribution >= 4 is 27.3 Å². The average molecular weight is 383 g/mol. The van der Waals surface area contributed by atoms with E-state index in [0.717, 1.165) is 6.20 Å². The molecule has 1 fully saturated rings. The molecular weight excluding hydrogens is 367 g/mol. The number of nitrogens with zero attached hydrogens (tertiary/aromatic N) is 2. The Balaban J connectivity index is 1.87. The van der Waals surface area contributed by atoms with Gasteiger partial charge < -0.3 is 4.90 Å². The fourth-order valence-corrected chi connectivity index (χ4v) is 5.10. The van der Waals surface area contributed by atoms with Crippen LogP contribution in [0.1, 0.15) is 27.6 Å². The standard InChI is InChI=1S/C17H16ClFN2O3S/c18-14-4-2-1-3-12(14)16-6-8-21(9-10-25(16,23)24)17(22)13-5-7-20-11-15(13)19/h1-5,7,11,16H,6,8-10H2. The number of benzene rings is 1. The van der Waals surface area contributed by atoms with Crippen molar-refractivity contribution in [3.8, 4) is 0 Å². The third kappa shape index (κ3) is 3.67. The molecule has 1 unspecified atom stereocenters.